The highest BCUT2D eigenvalue weighted by atomic mass is 32.1. The van der Waals surface area contributed by atoms with E-state index in [-0.39, 0.29) is 12.6 Å². The average Bonchev–Trinajstić information content (AvgIpc) is 3.36. The summed E-state index contributed by atoms with van der Waals surface area (Å²) in [5.41, 5.74) is 1.72. The van der Waals surface area contributed by atoms with Gasteiger partial charge in [-0.3, -0.25) is 4.79 Å². The second kappa shape index (κ2) is 9.03. The Morgan fingerprint density at radius 3 is 2.69 bits per heavy atom. The Morgan fingerprint density at radius 1 is 1.19 bits per heavy atom. The van der Waals surface area contributed by atoms with Crippen molar-refractivity contribution in [3.63, 3.8) is 0 Å². The van der Waals surface area contributed by atoms with Crippen LogP contribution in [-0.2, 0) is 16.1 Å². The third-order valence-electron chi connectivity index (χ3n) is 4.79. The van der Waals surface area contributed by atoms with E-state index in [4.69, 9.17) is 14.2 Å². The van der Waals surface area contributed by atoms with E-state index in [0.717, 1.165) is 22.7 Å². The first-order valence-electron chi connectivity index (χ1n) is 9.02. The second-order valence-corrected chi connectivity index (χ2v) is 7.42. The molecule has 1 aliphatic carbocycles. The van der Waals surface area contributed by atoms with E-state index in [2.05, 4.69) is 4.98 Å². The lowest BCUT2D eigenvalue weighted by molar-refractivity contribution is -0.145. The van der Waals surface area contributed by atoms with Crippen LogP contribution in [0.2, 0.25) is 0 Å². The van der Waals surface area contributed by atoms with Gasteiger partial charge >= 0.3 is 5.97 Å². The normalized spacial score (nSPS) is 14.4. The number of rotatable bonds is 8. The minimum absolute atomic E-state index is 0.127. The minimum atomic E-state index is -0.127. The smallest absolute Gasteiger partial charge is 0.306 e. The molecule has 0 saturated heterocycles. The summed E-state index contributed by atoms with van der Waals surface area (Å²) in [6.45, 7) is 0.229. The molecule has 0 radical (unpaired) electrons. The van der Waals surface area contributed by atoms with Gasteiger partial charge in [-0.2, -0.15) is 0 Å². The summed E-state index contributed by atoms with van der Waals surface area (Å²) in [6.07, 6.45) is 6.58. The number of methoxy groups -OCH3 is 2. The van der Waals surface area contributed by atoms with Crippen molar-refractivity contribution in [2.75, 3.05) is 14.2 Å². The highest BCUT2D eigenvalue weighted by Crippen LogP contribution is 2.33. The van der Waals surface area contributed by atoms with E-state index in [1.54, 1.807) is 14.2 Å². The summed E-state index contributed by atoms with van der Waals surface area (Å²) in [4.78, 5) is 16.5. The highest BCUT2D eigenvalue weighted by molar-refractivity contribution is 7.13. The number of carbonyl (C=O) groups excluding carboxylic acids is 1. The van der Waals surface area contributed by atoms with Crippen LogP contribution in [0.3, 0.4) is 0 Å². The molecule has 26 heavy (non-hydrogen) atoms. The third-order valence-corrected chi connectivity index (χ3v) is 5.73. The van der Waals surface area contributed by atoms with Gasteiger partial charge in [0, 0.05) is 17.4 Å². The molecule has 0 amide bonds. The molecule has 1 aliphatic rings. The van der Waals surface area contributed by atoms with Crippen molar-refractivity contribution in [3.05, 3.63) is 29.3 Å². The third kappa shape index (κ3) is 4.75. The van der Waals surface area contributed by atoms with Crippen molar-refractivity contribution in [1.29, 1.82) is 0 Å². The SMILES string of the molecule is COc1ccc(-c2nc(COC(=O)CCC3CCCC3)cs2)cc1OC. The van der Waals surface area contributed by atoms with Gasteiger partial charge in [-0.25, -0.2) is 4.98 Å². The first-order chi connectivity index (χ1) is 12.7. The van der Waals surface area contributed by atoms with Crippen LogP contribution in [-0.4, -0.2) is 25.2 Å². The maximum absolute atomic E-state index is 11.9. The Hall–Kier alpha value is -2.08. The van der Waals surface area contributed by atoms with E-state index in [0.29, 0.717) is 23.8 Å². The molecule has 1 heterocycles. The van der Waals surface area contributed by atoms with Crippen LogP contribution >= 0.6 is 11.3 Å². The van der Waals surface area contributed by atoms with Crippen molar-refractivity contribution in [1.82, 2.24) is 4.98 Å². The predicted molar refractivity (Wildman–Crippen MR) is 102 cm³/mol. The van der Waals surface area contributed by atoms with Crippen molar-refractivity contribution >= 4 is 17.3 Å². The molecule has 0 unspecified atom stereocenters. The first-order valence-corrected chi connectivity index (χ1v) is 9.90. The molecule has 0 aliphatic heterocycles. The van der Waals surface area contributed by atoms with Gasteiger partial charge in [0.2, 0.25) is 0 Å². The number of benzene rings is 1. The molecule has 6 heteroatoms. The average molecular weight is 375 g/mol. The van der Waals surface area contributed by atoms with Crippen LogP contribution in [0, 0.1) is 5.92 Å². The molecule has 1 fully saturated rings. The molecule has 3 rings (SSSR count). The Morgan fingerprint density at radius 2 is 1.96 bits per heavy atom. The topological polar surface area (TPSA) is 57.7 Å². The first kappa shape index (κ1) is 18.7. The molecule has 0 bridgehead atoms. The fourth-order valence-corrected chi connectivity index (χ4v) is 4.12. The van der Waals surface area contributed by atoms with Gasteiger partial charge in [-0.1, -0.05) is 25.7 Å². The number of thiazole rings is 1. The molecule has 2 aromatic rings. The van der Waals surface area contributed by atoms with Gasteiger partial charge in [0.25, 0.3) is 0 Å². The number of carbonyl (C=O) groups is 1. The van der Waals surface area contributed by atoms with Gasteiger partial charge in [-0.15, -0.1) is 11.3 Å². The summed E-state index contributed by atoms with van der Waals surface area (Å²) in [5, 5.41) is 2.79. The largest absolute Gasteiger partial charge is 0.493 e. The molecule has 1 saturated carbocycles. The number of ether oxygens (including phenoxy) is 3. The zero-order chi connectivity index (χ0) is 18.4. The number of nitrogens with zero attached hydrogens (tertiary/aromatic N) is 1. The minimum Gasteiger partial charge on any atom is -0.493 e. The zero-order valence-corrected chi connectivity index (χ0v) is 16.1. The van der Waals surface area contributed by atoms with Crippen LogP contribution in [0.4, 0.5) is 0 Å². The molecular weight excluding hydrogens is 350 g/mol. The van der Waals surface area contributed by atoms with Crippen LogP contribution in [0.25, 0.3) is 10.6 Å². The summed E-state index contributed by atoms with van der Waals surface area (Å²) in [6, 6.07) is 5.70. The van der Waals surface area contributed by atoms with Gasteiger partial charge in [-0.05, 0) is 30.5 Å². The molecular formula is C20H25NO4S. The van der Waals surface area contributed by atoms with Crippen molar-refractivity contribution in [3.8, 4) is 22.1 Å². The predicted octanol–water partition coefficient (Wildman–Crippen LogP) is 4.84. The summed E-state index contributed by atoms with van der Waals surface area (Å²) in [7, 11) is 3.22. The van der Waals surface area contributed by atoms with E-state index in [1.807, 2.05) is 23.6 Å². The Labute approximate surface area is 158 Å². The number of hydrogen-bond donors (Lipinski definition) is 0. The summed E-state index contributed by atoms with van der Waals surface area (Å²) >= 11 is 1.52. The molecule has 0 N–H and O–H groups in total. The molecule has 1 aromatic heterocycles. The van der Waals surface area contributed by atoms with Crippen LogP contribution in [0.15, 0.2) is 23.6 Å². The molecule has 140 valence electrons. The Balaban J connectivity index is 1.53. The quantitative estimate of drug-likeness (QED) is 0.618. The van der Waals surface area contributed by atoms with Crippen molar-refractivity contribution in [2.45, 2.75) is 45.1 Å². The Kier molecular flexibility index (Phi) is 6.50. The maximum Gasteiger partial charge on any atom is 0.306 e. The fourth-order valence-electron chi connectivity index (χ4n) is 3.32. The number of aromatic nitrogens is 1. The van der Waals surface area contributed by atoms with E-state index in [9.17, 15) is 4.79 Å². The van der Waals surface area contributed by atoms with E-state index >= 15 is 0 Å². The van der Waals surface area contributed by atoms with Crippen LogP contribution in [0.5, 0.6) is 11.5 Å². The lowest BCUT2D eigenvalue weighted by atomic mass is 10.0. The second-order valence-electron chi connectivity index (χ2n) is 6.56. The van der Waals surface area contributed by atoms with Gasteiger partial charge < -0.3 is 14.2 Å². The molecule has 1 aromatic carbocycles. The zero-order valence-electron chi connectivity index (χ0n) is 15.3. The Bertz CT molecular complexity index is 737. The number of hydrogen-bond acceptors (Lipinski definition) is 6. The standard InChI is InChI=1S/C20H25NO4S/c1-23-17-9-8-15(11-18(17)24-2)20-21-16(13-26-20)12-25-19(22)10-7-14-5-3-4-6-14/h8-9,11,13-14H,3-7,10,12H2,1-2H3. The van der Waals surface area contributed by atoms with E-state index < -0.39 is 0 Å². The molecule has 0 atom stereocenters. The molecule has 5 nitrogen and oxygen atoms in total. The van der Waals surface area contributed by atoms with Gasteiger partial charge in [0.1, 0.15) is 11.6 Å². The van der Waals surface area contributed by atoms with Crippen molar-refractivity contribution in [2.24, 2.45) is 5.92 Å². The number of esters is 1. The lowest BCUT2D eigenvalue weighted by Crippen LogP contribution is -2.07. The van der Waals surface area contributed by atoms with E-state index in [1.165, 1.54) is 37.0 Å². The van der Waals surface area contributed by atoms with Gasteiger partial charge in [0.15, 0.2) is 11.5 Å². The monoisotopic (exact) mass is 375 g/mol. The summed E-state index contributed by atoms with van der Waals surface area (Å²) < 4.78 is 16.0. The van der Waals surface area contributed by atoms with Crippen LogP contribution < -0.4 is 9.47 Å². The molecule has 0 spiro atoms. The van der Waals surface area contributed by atoms with Gasteiger partial charge in [0.05, 0.1) is 19.9 Å². The highest BCUT2D eigenvalue weighted by Gasteiger charge is 2.17. The van der Waals surface area contributed by atoms with Crippen molar-refractivity contribution < 1.29 is 19.0 Å². The maximum atomic E-state index is 11.9. The van der Waals surface area contributed by atoms with Crippen LogP contribution in [0.1, 0.15) is 44.2 Å². The lowest BCUT2D eigenvalue weighted by Gasteiger charge is -2.08. The fraction of sp³-hybridized carbons (Fsp3) is 0.500. The summed E-state index contributed by atoms with van der Waals surface area (Å²) in [5.74, 6) is 1.93.